The summed E-state index contributed by atoms with van der Waals surface area (Å²) in [5.41, 5.74) is 0.882. The second kappa shape index (κ2) is 7.19. The van der Waals surface area contributed by atoms with Crippen LogP contribution in [0.25, 0.3) is 0 Å². The van der Waals surface area contributed by atoms with Gasteiger partial charge in [-0.3, -0.25) is 9.47 Å². The van der Waals surface area contributed by atoms with E-state index in [9.17, 15) is 4.79 Å². The van der Waals surface area contributed by atoms with Gasteiger partial charge in [0.05, 0.1) is 15.1 Å². The van der Waals surface area contributed by atoms with Crippen molar-refractivity contribution in [2.75, 3.05) is 4.67 Å². The lowest BCUT2D eigenvalue weighted by molar-refractivity contribution is -0.109. The van der Waals surface area contributed by atoms with Gasteiger partial charge in [-0.1, -0.05) is 77.7 Å². The van der Waals surface area contributed by atoms with Crippen molar-refractivity contribution in [2.24, 2.45) is 5.10 Å². The molecule has 0 atom stereocenters. The minimum absolute atomic E-state index is 0.00567. The zero-order valence-electron chi connectivity index (χ0n) is 11.8. The Kier molecular flexibility index (Phi) is 5.74. The SMILES string of the molecule is C[SiH](C)N(N=C1C(=O)C(Cl)=C(Cl)C(Cl)=C1Cl)c1ccccc1. The molecule has 0 heterocycles. The third kappa shape index (κ3) is 3.41. The number of halogens is 4. The molecule has 0 saturated heterocycles. The first kappa shape index (κ1) is 17.6. The fraction of sp³-hybridized carbons (Fsp3) is 0.143. The van der Waals surface area contributed by atoms with Crippen molar-refractivity contribution in [2.45, 2.75) is 13.1 Å². The van der Waals surface area contributed by atoms with Crippen LogP contribution in [-0.4, -0.2) is 20.5 Å². The Hall–Kier alpha value is -0.783. The van der Waals surface area contributed by atoms with Gasteiger partial charge in [-0.15, -0.1) is 0 Å². The van der Waals surface area contributed by atoms with E-state index in [0.717, 1.165) is 5.69 Å². The van der Waals surface area contributed by atoms with E-state index < -0.39 is 14.7 Å². The van der Waals surface area contributed by atoms with Crippen LogP contribution in [0.15, 0.2) is 55.6 Å². The van der Waals surface area contributed by atoms with Crippen molar-refractivity contribution in [1.29, 1.82) is 0 Å². The Morgan fingerprint density at radius 2 is 1.45 bits per heavy atom. The largest absolute Gasteiger partial charge is 0.298 e. The van der Waals surface area contributed by atoms with Crippen molar-refractivity contribution in [3.63, 3.8) is 0 Å². The van der Waals surface area contributed by atoms with Crippen LogP contribution in [0.1, 0.15) is 0 Å². The molecule has 1 aromatic rings. The van der Waals surface area contributed by atoms with Gasteiger partial charge in [-0.2, -0.15) is 5.10 Å². The van der Waals surface area contributed by atoms with Gasteiger partial charge < -0.3 is 0 Å². The van der Waals surface area contributed by atoms with Gasteiger partial charge >= 0.3 is 0 Å². The number of carbonyl (C=O) groups excluding carboxylic acids is 1. The van der Waals surface area contributed by atoms with Gasteiger partial charge in [0.25, 0.3) is 0 Å². The Morgan fingerprint density at radius 1 is 0.909 bits per heavy atom. The summed E-state index contributed by atoms with van der Waals surface area (Å²) in [5, 5.41) is 4.23. The Morgan fingerprint density at radius 3 is 2.00 bits per heavy atom. The molecule has 1 aliphatic rings. The van der Waals surface area contributed by atoms with Gasteiger partial charge in [0.15, 0.2) is 14.7 Å². The molecule has 0 saturated carbocycles. The molecule has 22 heavy (non-hydrogen) atoms. The monoisotopic (exact) mass is 392 g/mol. The van der Waals surface area contributed by atoms with E-state index in [0.29, 0.717) is 0 Å². The first-order valence-corrected chi connectivity index (χ1v) is 10.8. The lowest BCUT2D eigenvalue weighted by Gasteiger charge is -2.25. The molecule has 0 N–H and O–H groups in total. The topological polar surface area (TPSA) is 32.7 Å². The Balaban J connectivity index is 2.53. The molecule has 0 amide bonds. The third-order valence-corrected chi connectivity index (χ3v) is 6.08. The highest BCUT2D eigenvalue weighted by Crippen LogP contribution is 2.36. The Bertz CT molecular complexity index is 698. The van der Waals surface area contributed by atoms with Crippen LogP contribution < -0.4 is 4.67 Å². The van der Waals surface area contributed by atoms with Crippen molar-refractivity contribution in [3.05, 3.63) is 50.5 Å². The zero-order chi connectivity index (χ0) is 16.4. The van der Waals surface area contributed by atoms with E-state index in [2.05, 4.69) is 18.2 Å². The summed E-state index contributed by atoms with van der Waals surface area (Å²) < 4.78 is 1.81. The maximum absolute atomic E-state index is 12.3. The molecule has 0 fully saturated rings. The van der Waals surface area contributed by atoms with Crippen LogP contribution in [0.3, 0.4) is 0 Å². The first-order valence-electron chi connectivity index (χ1n) is 6.43. The predicted molar refractivity (Wildman–Crippen MR) is 97.7 cm³/mol. The number of benzene rings is 1. The minimum Gasteiger partial charge on any atom is -0.298 e. The lowest BCUT2D eigenvalue weighted by atomic mass is 10.1. The van der Waals surface area contributed by atoms with E-state index in [1.54, 1.807) is 0 Å². The second-order valence-electron chi connectivity index (χ2n) is 4.81. The maximum atomic E-state index is 12.3. The highest BCUT2D eigenvalue weighted by molar-refractivity contribution is 6.74. The average molecular weight is 394 g/mol. The van der Waals surface area contributed by atoms with Gasteiger partial charge in [0.2, 0.25) is 5.78 Å². The second-order valence-corrected chi connectivity index (χ2v) is 9.00. The van der Waals surface area contributed by atoms with E-state index >= 15 is 0 Å². The fourth-order valence-electron chi connectivity index (χ4n) is 1.85. The van der Waals surface area contributed by atoms with Crippen LogP contribution in [0.2, 0.25) is 13.1 Å². The van der Waals surface area contributed by atoms with Crippen LogP contribution in [0.5, 0.6) is 0 Å². The van der Waals surface area contributed by atoms with E-state index in [-0.39, 0.29) is 25.8 Å². The lowest BCUT2D eigenvalue weighted by Crippen LogP contribution is -2.33. The molecule has 3 nitrogen and oxygen atoms in total. The quantitative estimate of drug-likeness (QED) is 0.420. The summed E-state index contributed by atoms with van der Waals surface area (Å²) in [6, 6.07) is 9.53. The van der Waals surface area contributed by atoms with E-state index in [1.807, 2.05) is 35.0 Å². The summed E-state index contributed by atoms with van der Waals surface area (Å²) in [5.74, 6) is -0.531. The molecule has 1 aromatic carbocycles. The smallest absolute Gasteiger partial charge is 0.227 e. The highest BCUT2D eigenvalue weighted by atomic mass is 35.5. The molecule has 1 aliphatic carbocycles. The van der Waals surface area contributed by atoms with Gasteiger partial charge in [-0.25, -0.2) is 0 Å². The molecular formula is C14H12Cl4N2OSi. The number of Topliss-reactive ketones (excluding diaryl/α,β-unsaturated/α-hetero) is 1. The minimum atomic E-state index is -1.42. The third-order valence-electron chi connectivity index (χ3n) is 2.92. The molecule has 2 rings (SSSR count). The van der Waals surface area contributed by atoms with Crippen LogP contribution in [0, 0.1) is 0 Å². The zero-order valence-corrected chi connectivity index (χ0v) is 16.0. The van der Waals surface area contributed by atoms with Crippen LogP contribution in [-0.2, 0) is 4.79 Å². The fourth-order valence-corrected chi connectivity index (χ4v) is 3.83. The number of hydrogen-bond donors (Lipinski definition) is 0. The molecule has 116 valence electrons. The molecule has 8 heteroatoms. The van der Waals surface area contributed by atoms with Crippen LogP contribution in [0.4, 0.5) is 5.69 Å². The average Bonchev–Trinajstić information content (AvgIpc) is 2.51. The number of hydrazone groups is 1. The van der Waals surface area contributed by atoms with Crippen molar-refractivity contribution >= 4 is 72.5 Å². The van der Waals surface area contributed by atoms with Crippen molar-refractivity contribution in [3.8, 4) is 0 Å². The first-order chi connectivity index (χ1) is 10.3. The number of ketones is 1. The number of rotatable bonds is 3. The molecule has 0 aliphatic heterocycles. The van der Waals surface area contributed by atoms with Gasteiger partial charge in [0, 0.05) is 5.69 Å². The number of allylic oxidation sites excluding steroid dienone is 4. The van der Waals surface area contributed by atoms with Crippen molar-refractivity contribution in [1.82, 2.24) is 0 Å². The van der Waals surface area contributed by atoms with E-state index in [4.69, 9.17) is 46.4 Å². The molecule has 0 bridgehead atoms. The maximum Gasteiger partial charge on any atom is 0.227 e. The highest BCUT2D eigenvalue weighted by Gasteiger charge is 2.31. The Labute approximate surface area is 150 Å². The number of hydrogen-bond acceptors (Lipinski definition) is 3. The number of anilines is 1. The number of carbonyl (C=O) groups is 1. The summed E-state index contributed by atoms with van der Waals surface area (Å²) in [6.07, 6.45) is 0. The summed E-state index contributed by atoms with van der Waals surface area (Å²) in [7, 11) is -1.42. The van der Waals surface area contributed by atoms with Crippen molar-refractivity contribution < 1.29 is 4.79 Å². The molecule has 0 spiro atoms. The predicted octanol–water partition coefficient (Wildman–Crippen LogP) is 4.79. The van der Waals surface area contributed by atoms with Gasteiger partial charge in [0.1, 0.15) is 5.03 Å². The van der Waals surface area contributed by atoms with E-state index in [1.165, 1.54) is 0 Å². The standard InChI is InChI=1S/C14H12Cl4N2OSi/c1-22(2)20(8-6-4-3-5-7-8)19-13-11(17)9(15)10(16)12(18)14(13)21/h3-7,22H,1-2H3. The van der Waals surface area contributed by atoms with Crippen LogP contribution >= 0.6 is 46.4 Å². The molecule has 0 aromatic heterocycles. The summed E-state index contributed by atoms with van der Waals surface area (Å²) in [4.78, 5) is 12.3. The number of nitrogens with zero attached hydrogens (tertiary/aromatic N) is 2. The summed E-state index contributed by atoms with van der Waals surface area (Å²) >= 11 is 23.9. The normalized spacial score (nSPS) is 17.8. The molecule has 0 unspecified atom stereocenters. The number of para-hydroxylation sites is 1. The summed E-state index contributed by atoms with van der Waals surface area (Å²) in [6.45, 7) is 4.15. The molecular weight excluding hydrogens is 382 g/mol. The molecule has 0 radical (unpaired) electrons. The van der Waals surface area contributed by atoms with Gasteiger partial charge in [-0.05, 0) is 12.1 Å².